The summed E-state index contributed by atoms with van der Waals surface area (Å²) in [6.07, 6.45) is 2.51. The van der Waals surface area contributed by atoms with Crippen molar-refractivity contribution >= 4 is 17.8 Å². The van der Waals surface area contributed by atoms with E-state index in [-0.39, 0.29) is 11.4 Å². The minimum absolute atomic E-state index is 0.131. The summed E-state index contributed by atoms with van der Waals surface area (Å²) in [7, 11) is 0. The van der Waals surface area contributed by atoms with Gasteiger partial charge < -0.3 is 9.30 Å². The van der Waals surface area contributed by atoms with Gasteiger partial charge in [-0.1, -0.05) is 61.5 Å². The molecule has 1 heterocycles. The van der Waals surface area contributed by atoms with E-state index in [0.29, 0.717) is 5.56 Å². The van der Waals surface area contributed by atoms with Crippen LogP contribution >= 0.6 is 0 Å². The second kappa shape index (κ2) is 10.4. The smallest absolute Gasteiger partial charge is 0.349 e. The summed E-state index contributed by atoms with van der Waals surface area (Å²) in [6, 6.07) is 20.8. The Bertz CT molecular complexity index is 1180. The number of ether oxygens (including phenoxy) is 1. The number of carbonyl (C=O) groups is 2. The first-order valence-electron chi connectivity index (χ1n) is 10.6. The highest BCUT2D eigenvalue weighted by atomic mass is 16.5. The third-order valence-corrected chi connectivity index (χ3v) is 5.35. The molecule has 3 aromatic rings. The van der Waals surface area contributed by atoms with Gasteiger partial charge >= 0.3 is 5.97 Å². The molecule has 0 amide bonds. The zero-order valence-corrected chi connectivity index (χ0v) is 18.6. The molecule has 0 spiro atoms. The van der Waals surface area contributed by atoms with Crippen LogP contribution in [0.15, 0.2) is 66.2 Å². The lowest BCUT2D eigenvalue weighted by molar-refractivity contribution is -0.137. The van der Waals surface area contributed by atoms with Gasteiger partial charge in [0.1, 0.15) is 11.6 Å². The fourth-order valence-electron chi connectivity index (χ4n) is 3.61. The molecule has 0 bridgehead atoms. The number of hydrogen-bond acceptors (Lipinski definition) is 4. The number of hydrogen-bond donors (Lipinski definition) is 0. The number of aryl methyl sites for hydroxylation is 1. The van der Waals surface area contributed by atoms with E-state index in [9.17, 15) is 14.9 Å². The van der Waals surface area contributed by atoms with Crippen LogP contribution in [0, 0.1) is 25.2 Å². The Morgan fingerprint density at radius 2 is 1.69 bits per heavy atom. The molecule has 0 unspecified atom stereocenters. The maximum atomic E-state index is 12.5. The number of rotatable bonds is 8. The van der Waals surface area contributed by atoms with Crippen LogP contribution in [0.2, 0.25) is 0 Å². The molecule has 5 heteroatoms. The van der Waals surface area contributed by atoms with Crippen molar-refractivity contribution in [3.8, 4) is 17.2 Å². The van der Waals surface area contributed by atoms with E-state index in [1.807, 2.05) is 68.4 Å². The molecule has 2 aromatic carbocycles. The summed E-state index contributed by atoms with van der Waals surface area (Å²) in [5.41, 5.74) is 5.22. The molecular weight excluding hydrogens is 400 g/mol. The van der Waals surface area contributed by atoms with E-state index in [0.717, 1.165) is 41.0 Å². The van der Waals surface area contributed by atoms with Crippen LogP contribution in [-0.2, 0) is 16.1 Å². The zero-order chi connectivity index (χ0) is 23.1. The largest absolute Gasteiger partial charge is 0.453 e. The predicted octanol–water partition coefficient (Wildman–Crippen LogP) is 5.52. The Balaban J connectivity index is 1.66. The lowest BCUT2D eigenvalue weighted by Crippen LogP contribution is -2.15. The number of carbonyl (C=O) groups excluding carboxylic acids is 2. The quantitative estimate of drug-likeness (QED) is 0.206. The number of Topliss-reactive ketones (excluding diaryl/α,β-unsaturated/α-hetero) is 1. The van der Waals surface area contributed by atoms with E-state index in [4.69, 9.17) is 4.74 Å². The van der Waals surface area contributed by atoms with Gasteiger partial charge in [0.25, 0.3) is 0 Å². The number of aromatic nitrogens is 1. The molecule has 1 aromatic heterocycles. The van der Waals surface area contributed by atoms with Crippen LogP contribution in [0.5, 0.6) is 0 Å². The number of esters is 1. The van der Waals surface area contributed by atoms with Crippen molar-refractivity contribution < 1.29 is 14.3 Å². The van der Waals surface area contributed by atoms with Crippen molar-refractivity contribution in [1.82, 2.24) is 4.57 Å². The van der Waals surface area contributed by atoms with Crippen molar-refractivity contribution in [1.29, 1.82) is 5.26 Å². The van der Waals surface area contributed by atoms with Gasteiger partial charge in [-0.2, -0.15) is 5.26 Å². The molecular formula is C27H26N2O3. The second-order valence-electron chi connectivity index (χ2n) is 7.59. The van der Waals surface area contributed by atoms with Gasteiger partial charge in [0.2, 0.25) is 0 Å². The Kier molecular flexibility index (Phi) is 7.41. The number of benzene rings is 2. The minimum Gasteiger partial charge on any atom is -0.453 e. The lowest BCUT2D eigenvalue weighted by Gasteiger charge is -2.07. The standard InChI is InChI=1S/C27H26N2O3/c1-4-14-29-19(2)15-24(20(29)3)16-25(17-28)27(31)32-18-26(30)23-12-10-22(11-13-23)21-8-6-5-7-9-21/h5-13,15-16H,4,14,18H2,1-3H3/b25-16+. The van der Waals surface area contributed by atoms with E-state index < -0.39 is 12.6 Å². The Morgan fingerprint density at radius 3 is 2.31 bits per heavy atom. The van der Waals surface area contributed by atoms with E-state index in [2.05, 4.69) is 11.5 Å². The summed E-state index contributed by atoms with van der Waals surface area (Å²) in [5, 5.41) is 9.44. The highest BCUT2D eigenvalue weighted by Crippen LogP contribution is 2.20. The first-order valence-corrected chi connectivity index (χ1v) is 10.6. The average Bonchev–Trinajstić information content (AvgIpc) is 3.09. The van der Waals surface area contributed by atoms with Gasteiger partial charge in [-0.3, -0.25) is 4.79 Å². The maximum absolute atomic E-state index is 12.5. The third kappa shape index (κ3) is 5.22. The molecule has 0 aliphatic heterocycles. The van der Waals surface area contributed by atoms with Crippen LogP contribution < -0.4 is 0 Å². The SMILES string of the molecule is CCCn1c(C)cc(/C=C(\C#N)C(=O)OCC(=O)c2ccc(-c3ccccc3)cc2)c1C. The molecule has 0 radical (unpaired) electrons. The van der Waals surface area contributed by atoms with Gasteiger partial charge in [-0.05, 0) is 49.1 Å². The third-order valence-electron chi connectivity index (χ3n) is 5.35. The molecule has 0 aliphatic carbocycles. The van der Waals surface area contributed by atoms with Crippen LogP contribution in [0.3, 0.4) is 0 Å². The molecule has 5 nitrogen and oxygen atoms in total. The first-order chi connectivity index (χ1) is 15.4. The second-order valence-corrected chi connectivity index (χ2v) is 7.59. The van der Waals surface area contributed by atoms with Crippen LogP contribution in [0.1, 0.15) is 40.7 Å². The molecule has 32 heavy (non-hydrogen) atoms. The predicted molar refractivity (Wildman–Crippen MR) is 125 cm³/mol. The average molecular weight is 427 g/mol. The van der Waals surface area contributed by atoms with Crippen molar-refractivity contribution in [2.24, 2.45) is 0 Å². The Hall–Kier alpha value is -3.91. The topological polar surface area (TPSA) is 72.1 Å². The Labute approximate surface area is 188 Å². The fourth-order valence-corrected chi connectivity index (χ4v) is 3.61. The number of nitrogens with zero attached hydrogens (tertiary/aromatic N) is 2. The summed E-state index contributed by atoms with van der Waals surface area (Å²) in [6.45, 7) is 6.50. The molecule has 3 rings (SSSR count). The van der Waals surface area contributed by atoms with Gasteiger partial charge in [0.15, 0.2) is 12.4 Å². The fraction of sp³-hybridized carbons (Fsp3) is 0.222. The number of ketones is 1. The van der Waals surface area contributed by atoms with Gasteiger partial charge in [-0.15, -0.1) is 0 Å². The highest BCUT2D eigenvalue weighted by molar-refractivity contribution is 6.02. The van der Waals surface area contributed by atoms with E-state index in [1.54, 1.807) is 12.1 Å². The molecule has 0 aliphatic rings. The van der Waals surface area contributed by atoms with Gasteiger partial charge in [-0.25, -0.2) is 4.79 Å². The zero-order valence-electron chi connectivity index (χ0n) is 18.6. The summed E-state index contributed by atoms with van der Waals surface area (Å²) >= 11 is 0. The van der Waals surface area contributed by atoms with Crippen molar-refractivity contribution in [3.63, 3.8) is 0 Å². The molecule has 162 valence electrons. The Morgan fingerprint density at radius 1 is 1.03 bits per heavy atom. The summed E-state index contributed by atoms with van der Waals surface area (Å²) in [4.78, 5) is 24.9. The van der Waals surface area contributed by atoms with Crippen LogP contribution in [0.25, 0.3) is 17.2 Å². The van der Waals surface area contributed by atoms with Crippen molar-refractivity contribution in [3.05, 3.63) is 88.8 Å². The van der Waals surface area contributed by atoms with Crippen molar-refractivity contribution in [2.75, 3.05) is 6.61 Å². The van der Waals surface area contributed by atoms with Crippen LogP contribution in [0.4, 0.5) is 0 Å². The lowest BCUT2D eigenvalue weighted by atomic mass is 10.0. The van der Waals surface area contributed by atoms with Crippen molar-refractivity contribution in [2.45, 2.75) is 33.7 Å². The summed E-state index contributed by atoms with van der Waals surface area (Å²) < 4.78 is 7.28. The number of nitriles is 1. The van der Waals surface area contributed by atoms with E-state index in [1.165, 1.54) is 6.08 Å². The maximum Gasteiger partial charge on any atom is 0.349 e. The van der Waals surface area contributed by atoms with Crippen LogP contribution in [-0.4, -0.2) is 22.9 Å². The minimum atomic E-state index is -0.804. The highest BCUT2D eigenvalue weighted by Gasteiger charge is 2.16. The molecule has 0 saturated carbocycles. The van der Waals surface area contributed by atoms with E-state index >= 15 is 0 Å². The molecule has 0 N–H and O–H groups in total. The molecule has 0 atom stereocenters. The normalized spacial score (nSPS) is 11.1. The summed E-state index contributed by atoms with van der Waals surface area (Å²) in [5.74, 6) is -1.13. The van der Waals surface area contributed by atoms with Gasteiger partial charge in [0.05, 0.1) is 0 Å². The molecule has 0 saturated heterocycles. The van der Waals surface area contributed by atoms with Gasteiger partial charge in [0, 0.05) is 23.5 Å². The molecule has 0 fully saturated rings. The first kappa shape index (κ1) is 22.8. The monoisotopic (exact) mass is 426 g/mol.